The first-order chi connectivity index (χ1) is 12.5. The maximum atomic E-state index is 12.5. The van der Waals surface area contributed by atoms with E-state index in [-0.39, 0.29) is 18.0 Å². The van der Waals surface area contributed by atoms with E-state index in [1.807, 2.05) is 33.0 Å². The summed E-state index contributed by atoms with van der Waals surface area (Å²) in [6.45, 7) is 6.06. The highest BCUT2D eigenvalue weighted by Gasteiger charge is 2.19. The van der Waals surface area contributed by atoms with Crippen LogP contribution < -0.4 is 15.5 Å². The standard InChI is InChI=1S/C19H28N6O/c1-14(18-20-13-21-24(18)3)22-15(2)19(26)23-16-7-9-17(10-8-16)25-11-5-4-6-12-25/h7-10,13-15,22H,4-6,11-12H2,1-3H3,(H,23,26). The number of benzene rings is 1. The van der Waals surface area contributed by atoms with Gasteiger partial charge in [-0.1, -0.05) is 0 Å². The second-order valence-electron chi connectivity index (χ2n) is 6.94. The van der Waals surface area contributed by atoms with E-state index in [0.717, 1.165) is 24.6 Å². The van der Waals surface area contributed by atoms with Gasteiger partial charge in [0.05, 0.1) is 12.1 Å². The van der Waals surface area contributed by atoms with Crippen LogP contribution >= 0.6 is 0 Å². The average Bonchev–Trinajstić information content (AvgIpc) is 3.09. The van der Waals surface area contributed by atoms with Crippen molar-refractivity contribution in [3.63, 3.8) is 0 Å². The molecule has 0 saturated carbocycles. The Bertz CT molecular complexity index is 720. The molecule has 2 atom stereocenters. The van der Waals surface area contributed by atoms with E-state index in [0.29, 0.717) is 0 Å². The lowest BCUT2D eigenvalue weighted by molar-refractivity contribution is -0.118. The summed E-state index contributed by atoms with van der Waals surface area (Å²) in [6, 6.07) is 7.71. The molecule has 1 aliphatic rings. The molecule has 2 N–H and O–H groups in total. The van der Waals surface area contributed by atoms with Crippen molar-refractivity contribution in [3.8, 4) is 0 Å². The number of nitrogens with one attached hydrogen (secondary N) is 2. The second-order valence-corrected chi connectivity index (χ2v) is 6.94. The van der Waals surface area contributed by atoms with Crippen LogP contribution in [0, 0.1) is 0 Å². The van der Waals surface area contributed by atoms with Gasteiger partial charge in [-0.15, -0.1) is 0 Å². The predicted molar refractivity (Wildman–Crippen MR) is 103 cm³/mol. The molecule has 1 saturated heterocycles. The number of nitrogens with zero attached hydrogens (tertiary/aromatic N) is 4. The first-order valence-corrected chi connectivity index (χ1v) is 9.30. The van der Waals surface area contributed by atoms with Gasteiger partial charge in [0.15, 0.2) is 0 Å². The highest BCUT2D eigenvalue weighted by atomic mass is 16.2. The lowest BCUT2D eigenvalue weighted by Crippen LogP contribution is -2.40. The Morgan fingerprint density at radius 3 is 2.42 bits per heavy atom. The molecule has 1 aromatic carbocycles. The zero-order chi connectivity index (χ0) is 18.5. The summed E-state index contributed by atoms with van der Waals surface area (Å²) < 4.78 is 1.71. The quantitative estimate of drug-likeness (QED) is 0.832. The number of anilines is 2. The number of piperidine rings is 1. The lowest BCUT2D eigenvalue weighted by Gasteiger charge is -2.29. The SMILES string of the molecule is CC(NC(C)c1ncnn1C)C(=O)Nc1ccc(N2CCCCC2)cc1. The van der Waals surface area contributed by atoms with Crippen molar-refractivity contribution in [1.82, 2.24) is 20.1 Å². The fourth-order valence-electron chi connectivity index (χ4n) is 3.38. The second kappa shape index (κ2) is 8.31. The van der Waals surface area contributed by atoms with E-state index < -0.39 is 0 Å². The topological polar surface area (TPSA) is 75.1 Å². The van der Waals surface area contributed by atoms with Crippen LogP contribution in [0.5, 0.6) is 0 Å². The van der Waals surface area contributed by atoms with E-state index in [1.165, 1.54) is 31.3 Å². The van der Waals surface area contributed by atoms with Crippen LogP contribution in [0.2, 0.25) is 0 Å². The smallest absolute Gasteiger partial charge is 0.241 e. The Hall–Kier alpha value is -2.41. The first kappa shape index (κ1) is 18.4. The molecule has 0 spiro atoms. The van der Waals surface area contributed by atoms with Crippen molar-refractivity contribution in [2.24, 2.45) is 7.05 Å². The zero-order valence-corrected chi connectivity index (χ0v) is 15.8. The molecule has 1 fully saturated rings. The highest BCUT2D eigenvalue weighted by Crippen LogP contribution is 2.22. The van der Waals surface area contributed by atoms with E-state index in [9.17, 15) is 4.79 Å². The molecule has 2 unspecified atom stereocenters. The van der Waals surface area contributed by atoms with Crippen LogP contribution in [0.3, 0.4) is 0 Å². The summed E-state index contributed by atoms with van der Waals surface area (Å²) in [7, 11) is 1.84. The maximum Gasteiger partial charge on any atom is 0.241 e. The van der Waals surface area contributed by atoms with Crippen molar-refractivity contribution < 1.29 is 4.79 Å². The Morgan fingerprint density at radius 1 is 1.12 bits per heavy atom. The van der Waals surface area contributed by atoms with E-state index in [1.54, 1.807) is 4.68 Å². The molecule has 0 bridgehead atoms. The van der Waals surface area contributed by atoms with Gasteiger partial charge in [-0.05, 0) is 57.4 Å². The number of rotatable bonds is 6. The third-order valence-corrected chi connectivity index (χ3v) is 4.88. The monoisotopic (exact) mass is 356 g/mol. The van der Waals surface area contributed by atoms with Crippen molar-refractivity contribution in [2.75, 3.05) is 23.3 Å². The van der Waals surface area contributed by atoms with Crippen LogP contribution in [0.25, 0.3) is 0 Å². The Morgan fingerprint density at radius 2 is 1.81 bits per heavy atom. The molecule has 1 aromatic heterocycles. The number of hydrogen-bond acceptors (Lipinski definition) is 5. The first-order valence-electron chi connectivity index (χ1n) is 9.30. The van der Waals surface area contributed by atoms with Gasteiger partial charge in [-0.3, -0.25) is 14.8 Å². The highest BCUT2D eigenvalue weighted by molar-refractivity contribution is 5.94. The number of amides is 1. The average molecular weight is 356 g/mol. The van der Waals surface area contributed by atoms with Crippen LogP contribution in [0.4, 0.5) is 11.4 Å². The van der Waals surface area contributed by atoms with Crippen LogP contribution in [-0.4, -0.2) is 39.8 Å². The molecule has 140 valence electrons. The molecule has 26 heavy (non-hydrogen) atoms. The summed E-state index contributed by atoms with van der Waals surface area (Å²) in [5.74, 6) is 0.736. The van der Waals surface area contributed by atoms with Gasteiger partial charge < -0.3 is 10.2 Å². The minimum absolute atomic E-state index is 0.0651. The van der Waals surface area contributed by atoms with Crippen LogP contribution in [0.15, 0.2) is 30.6 Å². The molecule has 1 aliphatic heterocycles. The van der Waals surface area contributed by atoms with Gasteiger partial charge in [0.1, 0.15) is 12.2 Å². The fourth-order valence-corrected chi connectivity index (χ4v) is 3.38. The minimum atomic E-state index is -0.344. The molecular formula is C19H28N6O. The van der Waals surface area contributed by atoms with Crippen molar-refractivity contribution in [1.29, 1.82) is 0 Å². The van der Waals surface area contributed by atoms with Crippen LogP contribution in [-0.2, 0) is 11.8 Å². The predicted octanol–water partition coefficient (Wildman–Crippen LogP) is 2.48. The molecule has 7 heteroatoms. The number of aromatic nitrogens is 3. The summed E-state index contributed by atoms with van der Waals surface area (Å²) in [5.41, 5.74) is 2.04. The molecule has 3 rings (SSSR count). The molecule has 2 heterocycles. The molecule has 1 amide bonds. The van der Waals surface area contributed by atoms with Crippen LogP contribution in [0.1, 0.15) is 45.0 Å². The Balaban J connectivity index is 1.54. The summed E-state index contributed by atoms with van der Waals surface area (Å²) >= 11 is 0. The van der Waals surface area contributed by atoms with Gasteiger partial charge >= 0.3 is 0 Å². The van der Waals surface area contributed by atoms with Gasteiger partial charge in [-0.2, -0.15) is 5.10 Å². The van der Waals surface area contributed by atoms with E-state index in [4.69, 9.17) is 0 Å². The van der Waals surface area contributed by atoms with Gasteiger partial charge in [0.25, 0.3) is 0 Å². The Kier molecular flexibility index (Phi) is 5.88. The normalized spacial score (nSPS) is 17.0. The van der Waals surface area contributed by atoms with Crippen molar-refractivity contribution in [2.45, 2.75) is 45.2 Å². The fraction of sp³-hybridized carbons (Fsp3) is 0.526. The van der Waals surface area contributed by atoms with Gasteiger partial charge in [-0.25, -0.2) is 4.98 Å². The molecule has 2 aromatic rings. The third kappa shape index (κ3) is 4.40. The summed E-state index contributed by atoms with van der Waals surface area (Å²) in [4.78, 5) is 19.1. The third-order valence-electron chi connectivity index (χ3n) is 4.88. The largest absolute Gasteiger partial charge is 0.372 e. The number of carbonyl (C=O) groups excluding carboxylic acids is 1. The van der Waals surface area contributed by atoms with Crippen molar-refractivity contribution >= 4 is 17.3 Å². The number of carbonyl (C=O) groups is 1. The minimum Gasteiger partial charge on any atom is -0.372 e. The number of hydrogen-bond donors (Lipinski definition) is 2. The molecule has 0 aliphatic carbocycles. The molecular weight excluding hydrogens is 328 g/mol. The number of aryl methyl sites for hydroxylation is 1. The molecule has 0 radical (unpaired) electrons. The summed E-state index contributed by atoms with van der Waals surface area (Å²) in [6.07, 6.45) is 5.35. The maximum absolute atomic E-state index is 12.5. The lowest BCUT2D eigenvalue weighted by atomic mass is 10.1. The van der Waals surface area contributed by atoms with Gasteiger partial charge in [0, 0.05) is 31.5 Å². The molecule has 7 nitrogen and oxygen atoms in total. The van der Waals surface area contributed by atoms with Crippen molar-refractivity contribution in [3.05, 3.63) is 36.4 Å². The van der Waals surface area contributed by atoms with E-state index >= 15 is 0 Å². The summed E-state index contributed by atoms with van der Waals surface area (Å²) in [5, 5.41) is 10.3. The van der Waals surface area contributed by atoms with Gasteiger partial charge in [0.2, 0.25) is 5.91 Å². The zero-order valence-electron chi connectivity index (χ0n) is 15.8. The Labute approximate surface area is 154 Å². The van der Waals surface area contributed by atoms with E-state index in [2.05, 4.69) is 37.7 Å².